The summed E-state index contributed by atoms with van der Waals surface area (Å²) in [5.41, 5.74) is 0. The van der Waals surface area contributed by atoms with Crippen LogP contribution < -0.4 is 0 Å². The van der Waals surface area contributed by atoms with Crippen LogP contribution in [0.3, 0.4) is 0 Å². The van der Waals surface area contributed by atoms with Gasteiger partial charge in [-0.15, -0.1) is 0 Å². The second kappa shape index (κ2) is 8.52. The molecule has 1 aromatic rings. The fraction of sp³-hybridized carbons (Fsp3) is 0.684. The highest BCUT2D eigenvalue weighted by atomic mass is 16.5. The van der Waals surface area contributed by atoms with Gasteiger partial charge < -0.3 is 19.2 Å². The number of aliphatic carboxylic acids is 1. The number of furan rings is 1. The van der Waals surface area contributed by atoms with E-state index in [-0.39, 0.29) is 12.3 Å². The quantitative estimate of drug-likeness (QED) is 0.763. The van der Waals surface area contributed by atoms with E-state index in [2.05, 4.69) is 0 Å². The highest BCUT2D eigenvalue weighted by molar-refractivity contribution is 5.81. The Morgan fingerprint density at radius 2 is 2.08 bits per heavy atom. The third-order valence-electron chi connectivity index (χ3n) is 5.31. The number of carbonyl (C=O) groups excluding carboxylic acids is 1. The maximum absolute atomic E-state index is 12.4. The molecule has 1 aliphatic heterocycles. The molecule has 0 bridgehead atoms. The third-order valence-corrected chi connectivity index (χ3v) is 5.31. The van der Waals surface area contributed by atoms with Gasteiger partial charge in [0.05, 0.1) is 18.3 Å². The van der Waals surface area contributed by atoms with Gasteiger partial charge in [0.2, 0.25) is 5.91 Å². The van der Waals surface area contributed by atoms with Crippen molar-refractivity contribution in [1.29, 1.82) is 0 Å². The van der Waals surface area contributed by atoms with Crippen LogP contribution in [0.1, 0.15) is 63.2 Å². The van der Waals surface area contributed by atoms with Crippen molar-refractivity contribution in [3.05, 3.63) is 24.2 Å². The summed E-state index contributed by atoms with van der Waals surface area (Å²) >= 11 is 0. The first-order chi connectivity index (χ1) is 12.2. The molecule has 2 fully saturated rings. The lowest BCUT2D eigenvalue weighted by Crippen LogP contribution is -2.45. The molecule has 6 heteroatoms. The molecule has 0 spiro atoms. The van der Waals surface area contributed by atoms with Gasteiger partial charge in [0.1, 0.15) is 11.8 Å². The van der Waals surface area contributed by atoms with E-state index >= 15 is 0 Å². The summed E-state index contributed by atoms with van der Waals surface area (Å²) in [5.74, 6) is -0.953. The zero-order valence-corrected chi connectivity index (χ0v) is 14.6. The summed E-state index contributed by atoms with van der Waals surface area (Å²) in [4.78, 5) is 25.7. The van der Waals surface area contributed by atoms with E-state index in [0.29, 0.717) is 37.9 Å². The van der Waals surface area contributed by atoms with E-state index < -0.39 is 17.9 Å². The number of amides is 1. The zero-order chi connectivity index (χ0) is 17.6. The Bertz CT molecular complexity index is 564. The average molecular weight is 349 g/mol. The molecule has 0 aromatic carbocycles. The van der Waals surface area contributed by atoms with Gasteiger partial charge in [0.15, 0.2) is 0 Å². The summed E-state index contributed by atoms with van der Waals surface area (Å²) in [6, 6.07) is 2.96. The van der Waals surface area contributed by atoms with Crippen LogP contribution in [-0.2, 0) is 14.3 Å². The Morgan fingerprint density at radius 1 is 1.28 bits per heavy atom. The second-order valence-electron chi connectivity index (χ2n) is 7.02. The minimum Gasteiger partial charge on any atom is -0.481 e. The summed E-state index contributed by atoms with van der Waals surface area (Å²) < 4.78 is 11.4. The van der Waals surface area contributed by atoms with Crippen LogP contribution in [0.5, 0.6) is 0 Å². The zero-order valence-electron chi connectivity index (χ0n) is 14.6. The van der Waals surface area contributed by atoms with Gasteiger partial charge in [-0.3, -0.25) is 9.59 Å². The van der Waals surface area contributed by atoms with Gasteiger partial charge in [0.25, 0.3) is 0 Å². The number of carboxylic acid groups (broad SMARTS) is 1. The first kappa shape index (κ1) is 18.0. The molecule has 0 unspecified atom stereocenters. The highest BCUT2D eigenvalue weighted by Crippen LogP contribution is 2.37. The molecule has 2 aliphatic rings. The third kappa shape index (κ3) is 4.42. The van der Waals surface area contributed by atoms with E-state index in [9.17, 15) is 14.7 Å². The summed E-state index contributed by atoms with van der Waals surface area (Å²) in [6.07, 6.45) is 9.22. The van der Waals surface area contributed by atoms with Gasteiger partial charge in [0, 0.05) is 19.6 Å². The number of hydrogen-bond acceptors (Lipinski definition) is 4. The minimum absolute atomic E-state index is 0.00318. The number of nitrogens with zero attached hydrogens (tertiary/aromatic N) is 1. The SMILES string of the molecule is O=C(O)[C@H]1CCC(=O)N(CCCOC2CCCCC2)[C@H]1c1ccco1. The van der Waals surface area contributed by atoms with Crippen molar-refractivity contribution in [2.45, 2.75) is 63.5 Å². The molecule has 0 radical (unpaired) electrons. The number of piperidine rings is 1. The first-order valence-electron chi connectivity index (χ1n) is 9.34. The largest absolute Gasteiger partial charge is 0.481 e. The molecule has 1 amide bonds. The standard InChI is InChI=1S/C19H27NO5/c21-17-10-9-15(19(22)23)18(16-8-4-12-25-16)20(17)11-5-13-24-14-6-2-1-3-7-14/h4,8,12,14-15,18H,1-3,5-7,9-11,13H2,(H,22,23)/t15-,18+/m0/s1. The van der Waals surface area contributed by atoms with Crippen LogP contribution in [0.4, 0.5) is 0 Å². The van der Waals surface area contributed by atoms with Crippen molar-refractivity contribution >= 4 is 11.9 Å². The number of carboxylic acids is 1. The highest BCUT2D eigenvalue weighted by Gasteiger charge is 2.41. The molecule has 1 saturated heterocycles. The molecule has 2 atom stereocenters. The predicted molar refractivity (Wildman–Crippen MR) is 91.0 cm³/mol. The van der Waals surface area contributed by atoms with Gasteiger partial charge >= 0.3 is 5.97 Å². The number of carbonyl (C=O) groups is 2. The van der Waals surface area contributed by atoms with Crippen molar-refractivity contribution in [2.24, 2.45) is 5.92 Å². The predicted octanol–water partition coefficient (Wildman–Crippen LogP) is 3.38. The van der Waals surface area contributed by atoms with Crippen molar-refractivity contribution < 1.29 is 23.8 Å². The number of ether oxygens (including phenoxy) is 1. The van der Waals surface area contributed by atoms with Gasteiger partial charge in [-0.1, -0.05) is 19.3 Å². The minimum atomic E-state index is -0.877. The van der Waals surface area contributed by atoms with Crippen molar-refractivity contribution in [2.75, 3.05) is 13.2 Å². The molecule has 1 N–H and O–H groups in total. The molecule has 25 heavy (non-hydrogen) atoms. The van der Waals surface area contributed by atoms with Crippen molar-refractivity contribution in [3.8, 4) is 0 Å². The maximum Gasteiger partial charge on any atom is 0.309 e. The van der Waals surface area contributed by atoms with Crippen molar-refractivity contribution in [1.82, 2.24) is 4.90 Å². The van der Waals surface area contributed by atoms with Crippen LogP contribution in [0, 0.1) is 5.92 Å². The maximum atomic E-state index is 12.4. The van der Waals surface area contributed by atoms with Gasteiger partial charge in [-0.2, -0.15) is 0 Å². The Balaban J connectivity index is 1.59. The lowest BCUT2D eigenvalue weighted by molar-refractivity contribution is -0.153. The van der Waals surface area contributed by atoms with Gasteiger partial charge in [-0.05, 0) is 37.8 Å². The van der Waals surface area contributed by atoms with E-state index in [1.807, 2.05) is 0 Å². The first-order valence-corrected chi connectivity index (χ1v) is 9.34. The normalized spacial score (nSPS) is 25.3. The van der Waals surface area contributed by atoms with E-state index in [1.54, 1.807) is 17.0 Å². The molecule has 2 heterocycles. The van der Waals surface area contributed by atoms with Crippen LogP contribution in [0.25, 0.3) is 0 Å². The lowest BCUT2D eigenvalue weighted by atomic mass is 9.87. The van der Waals surface area contributed by atoms with Crippen LogP contribution in [0.15, 0.2) is 22.8 Å². The topological polar surface area (TPSA) is 80.0 Å². The Kier molecular flexibility index (Phi) is 6.13. The molecule has 1 aliphatic carbocycles. The summed E-state index contributed by atoms with van der Waals surface area (Å²) in [5, 5.41) is 9.55. The Morgan fingerprint density at radius 3 is 2.76 bits per heavy atom. The fourth-order valence-electron chi connectivity index (χ4n) is 4.00. The molecule has 1 aromatic heterocycles. The molecule has 138 valence electrons. The summed E-state index contributed by atoms with van der Waals surface area (Å²) in [6.45, 7) is 1.11. The van der Waals surface area contributed by atoms with Crippen LogP contribution >= 0.6 is 0 Å². The van der Waals surface area contributed by atoms with E-state index in [0.717, 1.165) is 12.8 Å². The van der Waals surface area contributed by atoms with E-state index in [4.69, 9.17) is 9.15 Å². The molecular formula is C19H27NO5. The molecule has 6 nitrogen and oxygen atoms in total. The van der Waals surface area contributed by atoms with E-state index in [1.165, 1.54) is 25.5 Å². The number of likely N-dealkylation sites (tertiary alicyclic amines) is 1. The van der Waals surface area contributed by atoms with Crippen molar-refractivity contribution in [3.63, 3.8) is 0 Å². The molecule has 3 rings (SSSR count). The molecule has 1 saturated carbocycles. The van der Waals surface area contributed by atoms with Crippen LogP contribution in [-0.4, -0.2) is 41.1 Å². The summed E-state index contributed by atoms with van der Waals surface area (Å²) in [7, 11) is 0. The fourth-order valence-corrected chi connectivity index (χ4v) is 4.00. The van der Waals surface area contributed by atoms with Gasteiger partial charge in [-0.25, -0.2) is 0 Å². The Labute approximate surface area is 148 Å². The number of hydrogen-bond donors (Lipinski definition) is 1. The second-order valence-corrected chi connectivity index (χ2v) is 7.02. The molecular weight excluding hydrogens is 322 g/mol. The Hall–Kier alpha value is -1.82. The average Bonchev–Trinajstić information content (AvgIpc) is 3.14. The number of rotatable bonds is 7. The lowest BCUT2D eigenvalue weighted by Gasteiger charge is -2.38. The monoisotopic (exact) mass is 349 g/mol. The van der Waals surface area contributed by atoms with Crippen LogP contribution in [0.2, 0.25) is 0 Å². The smallest absolute Gasteiger partial charge is 0.309 e.